The van der Waals surface area contributed by atoms with E-state index in [0.717, 1.165) is 42.2 Å². The molecule has 0 unspecified atom stereocenters. The number of aliphatic hydroxyl groups is 1. The van der Waals surface area contributed by atoms with Gasteiger partial charge in [-0.05, 0) is 55.5 Å². The van der Waals surface area contributed by atoms with E-state index in [1.807, 2.05) is 6.92 Å². The molecule has 4 heterocycles. The van der Waals surface area contributed by atoms with E-state index in [2.05, 4.69) is 10.6 Å². The fraction of sp³-hybridized carbons (Fsp3) is 0.561. The minimum atomic E-state index is -1.90. The lowest BCUT2D eigenvalue weighted by Crippen LogP contribution is -2.44. The number of ether oxygens (including phenoxy) is 7. The smallest absolute Gasteiger partial charge is 0.412 e. The van der Waals surface area contributed by atoms with Crippen molar-refractivity contribution in [3.8, 4) is 17.1 Å². The Kier molecular flexibility index (Phi) is 17.0. The predicted octanol–water partition coefficient (Wildman–Crippen LogP) is 3.56. The van der Waals surface area contributed by atoms with Gasteiger partial charge in [0.2, 0.25) is 0 Å². The summed E-state index contributed by atoms with van der Waals surface area (Å²) in [5.74, 6) is -1.32. The predicted molar refractivity (Wildman–Crippen MR) is 211 cm³/mol. The van der Waals surface area contributed by atoms with Crippen LogP contribution in [0.2, 0.25) is 0 Å². The first kappa shape index (κ1) is 45.0. The number of carboxylic acids is 1. The maximum absolute atomic E-state index is 13.6. The molecule has 322 valence electrons. The lowest BCUT2D eigenvalue weighted by Gasteiger charge is -2.31. The Hall–Kier alpha value is -5.14. The van der Waals surface area contributed by atoms with Gasteiger partial charge in [0.05, 0.1) is 88.3 Å². The summed E-state index contributed by atoms with van der Waals surface area (Å²) in [6.07, 6.45) is 2.72. The Morgan fingerprint density at radius 3 is 2.08 bits per heavy atom. The van der Waals surface area contributed by atoms with Crippen LogP contribution >= 0.6 is 0 Å². The van der Waals surface area contributed by atoms with E-state index in [9.17, 15) is 29.1 Å². The summed E-state index contributed by atoms with van der Waals surface area (Å²) in [5.41, 5.74) is 1.93. The maximum atomic E-state index is 13.6. The number of nitrogens with zero attached hydrogens (tertiary/aromatic N) is 2. The number of amides is 2. The highest BCUT2D eigenvalue weighted by atomic mass is 16.6. The lowest BCUT2D eigenvalue weighted by molar-refractivity contribution is -0.172. The number of unbranched alkanes of at least 4 members (excludes halogenated alkanes) is 3. The average Bonchev–Trinajstić information content (AvgIpc) is 3.59. The number of rotatable bonds is 25. The molecule has 1 atom stereocenters. The number of fused-ring (bicyclic) bond motifs is 5. The van der Waals surface area contributed by atoms with Crippen LogP contribution < -0.4 is 20.9 Å². The van der Waals surface area contributed by atoms with E-state index < -0.39 is 29.7 Å². The van der Waals surface area contributed by atoms with Crippen molar-refractivity contribution in [3.05, 3.63) is 56.9 Å². The third kappa shape index (κ3) is 12.0. The van der Waals surface area contributed by atoms with Gasteiger partial charge in [-0.2, -0.15) is 0 Å². The van der Waals surface area contributed by atoms with Crippen LogP contribution in [0, 0.1) is 0 Å². The zero-order valence-electron chi connectivity index (χ0n) is 33.6. The molecule has 0 radical (unpaired) electrons. The molecule has 0 saturated heterocycles. The van der Waals surface area contributed by atoms with Crippen LogP contribution in [0.1, 0.15) is 74.6 Å². The van der Waals surface area contributed by atoms with Gasteiger partial charge >= 0.3 is 24.1 Å². The topological polar surface area (TPSA) is 232 Å². The third-order valence-electron chi connectivity index (χ3n) is 10.0. The van der Waals surface area contributed by atoms with Gasteiger partial charge < -0.3 is 58.6 Å². The second-order valence-electron chi connectivity index (χ2n) is 13.9. The van der Waals surface area contributed by atoms with Gasteiger partial charge in [0.1, 0.15) is 19.0 Å². The molecular formula is C41H54N4O14. The number of pyridine rings is 2. The zero-order valence-corrected chi connectivity index (χ0v) is 33.6. The van der Waals surface area contributed by atoms with Crippen molar-refractivity contribution in [2.75, 3.05) is 72.6 Å². The van der Waals surface area contributed by atoms with Crippen LogP contribution in [0.15, 0.2) is 29.1 Å². The summed E-state index contributed by atoms with van der Waals surface area (Å²) < 4.78 is 38.7. The highest BCUT2D eigenvalue weighted by Gasteiger charge is 2.45. The number of esters is 1. The summed E-state index contributed by atoms with van der Waals surface area (Å²) >= 11 is 0. The van der Waals surface area contributed by atoms with E-state index in [1.54, 1.807) is 35.8 Å². The quantitative estimate of drug-likeness (QED) is 0.0553. The number of carbonyl (C=O) groups is 4. The number of benzene rings is 1. The molecule has 2 aliphatic heterocycles. The molecule has 2 amide bonds. The molecule has 3 aromatic rings. The number of aliphatic carboxylic acids is 1. The number of aryl methyl sites for hydroxylation is 1. The summed E-state index contributed by atoms with van der Waals surface area (Å²) in [6.45, 7) is 7.31. The minimum Gasteiger partial charge on any atom is -0.481 e. The summed E-state index contributed by atoms with van der Waals surface area (Å²) in [6, 6.07) is 6.90. The summed E-state index contributed by atoms with van der Waals surface area (Å²) in [4.78, 5) is 65.9. The van der Waals surface area contributed by atoms with E-state index in [0.29, 0.717) is 81.8 Å². The second-order valence-corrected chi connectivity index (χ2v) is 13.9. The van der Waals surface area contributed by atoms with Gasteiger partial charge in [-0.1, -0.05) is 26.7 Å². The van der Waals surface area contributed by atoms with E-state index in [1.165, 1.54) is 0 Å². The molecule has 59 heavy (non-hydrogen) atoms. The van der Waals surface area contributed by atoms with Crippen molar-refractivity contribution >= 4 is 35.0 Å². The minimum absolute atomic E-state index is 0.0341. The molecule has 18 heteroatoms. The first-order valence-electron chi connectivity index (χ1n) is 20.1. The number of hydrogen-bond donors (Lipinski definition) is 4. The van der Waals surface area contributed by atoms with Gasteiger partial charge in [0, 0.05) is 29.6 Å². The Balaban J connectivity index is 0.933. The number of aromatic nitrogens is 2. The fourth-order valence-electron chi connectivity index (χ4n) is 6.90. The largest absolute Gasteiger partial charge is 0.481 e. The van der Waals surface area contributed by atoms with Gasteiger partial charge in [0.15, 0.2) is 5.60 Å². The summed E-state index contributed by atoms with van der Waals surface area (Å²) in [5, 5.41) is 26.0. The Morgan fingerprint density at radius 1 is 0.831 bits per heavy atom. The number of carboxylic acid groups (broad SMARTS) is 1. The average molecular weight is 827 g/mol. The summed E-state index contributed by atoms with van der Waals surface area (Å²) in [7, 11) is 0. The lowest BCUT2D eigenvalue weighted by atomic mass is 9.86. The maximum Gasteiger partial charge on any atom is 0.412 e. The fourth-order valence-corrected chi connectivity index (χ4v) is 6.90. The molecule has 18 nitrogen and oxygen atoms in total. The van der Waals surface area contributed by atoms with Crippen molar-refractivity contribution in [3.63, 3.8) is 0 Å². The van der Waals surface area contributed by atoms with Crippen LogP contribution in [-0.2, 0) is 63.2 Å². The van der Waals surface area contributed by atoms with Crippen LogP contribution in [0.5, 0.6) is 5.75 Å². The number of alkyl carbamates (subject to hydrolysis) is 1. The van der Waals surface area contributed by atoms with Crippen molar-refractivity contribution in [2.45, 2.75) is 77.5 Å². The molecule has 2 aromatic heterocycles. The number of cyclic esters (lactones) is 1. The van der Waals surface area contributed by atoms with Crippen molar-refractivity contribution < 1.29 is 62.5 Å². The van der Waals surface area contributed by atoms with Gasteiger partial charge in [-0.15, -0.1) is 0 Å². The number of carbonyl (C=O) groups excluding carboxylic acids is 3. The van der Waals surface area contributed by atoms with Gasteiger partial charge in [-0.25, -0.2) is 19.4 Å². The monoisotopic (exact) mass is 826 g/mol. The van der Waals surface area contributed by atoms with E-state index in [4.69, 9.17) is 43.2 Å². The molecule has 4 N–H and O–H groups in total. The van der Waals surface area contributed by atoms with Gasteiger partial charge in [-0.3, -0.25) is 9.59 Å². The van der Waals surface area contributed by atoms with Crippen LogP contribution in [0.25, 0.3) is 22.3 Å². The molecule has 0 bridgehead atoms. The first-order chi connectivity index (χ1) is 28.6. The van der Waals surface area contributed by atoms with Gasteiger partial charge in [0.25, 0.3) is 5.56 Å². The zero-order chi connectivity index (χ0) is 42.2. The Bertz CT molecular complexity index is 2000. The Morgan fingerprint density at radius 2 is 1.46 bits per heavy atom. The third-order valence-corrected chi connectivity index (χ3v) is 10.0. The second kappa shape index (κ2) is 22.3. The first-order valence-corrected chi connectivity index (χ1v) is 20.1. The molecule has 0 aliphatic carbocycles. The van der Waals surface area contributed by atoms with Crippen LogP contribution in [-0.4, -0.2) is 116 Å². The van der Waals surface area contributed by atoms with E-state index >= 15 is 0 Å². The van der Waals surface area contributed by atoms with Crippen LogP contribution in [0.4, 0.5) is 9.59 Å². The molecule has 1 aromatic carbocycles. The normalized spacial score (nSPS) is 15.3. The standard InChI is InChI=1S/C41H54N4O14/c1-3-28-29-23-27(9-10-33(29)44-36-30(28)25-45-34(36)24-32-31(37(45)48)26-58-38(49)41(32,52)4-2)59-40(51)43-13-8-6-5-7-12-42-39(50)57-22-21-56-20-19-55-18-17-54-16-15-53-14-11-35(46)47/h9-10,23-24,52H,3-8,11-22,25-26H2,1-2H3,(H,42,50)(H,43,51)(H,46,47)/t41-/m0/s1. The van der Waals surface area contributed by atoms with Crippen molar-refractivity contribution in [1.82, 2.24) is 20.2 Å². The molecule has 0 saturated carbocycles. The number of nitrogens with one attached hydrogen (secondary N) is 2. The molecular weight excluding hydrogens is 772 g/mol. The van der Waals surface area contributed by atoms with Crippen molar-refractivity contribution in [2.24, 2.45) is 0 Å². The van der Waals surface area contributed by atoms with Crippen molar-refractivity contribution in [1.29, 1.82) is 0 Å². The van der Waals surface area contributed by atoms with E-state index in [-0.39, 0.29) is 62.5 Å². The van der Waals surface area contributed by atoms with Crippen LogP contribution in [0.3, 0.4) is 0 Å². The number of hydrogen-bond acceptors (Lipinski definition) is 14. The Labute approximate surface area is 341 Å². The molecule has 0 spiro atoms. The highest BCUT2D eigenvalue weighted by Crippen LogP contribution is 2.40. The SMILES string of the molecule is CCc1c2c(nc3ccc(OC(=O)NCCCCCCNC(=O)OCCOCCOCCOCCOCCC(=O)O)cc13)-c1cc3c(c(=O)n1C2)COC(=O)[C@]3(O)CC. The molecule has 0 fully saturated rings. The molecule has 2 aliphatic rings. The molecule has 5 rings (SSSR count). The highest BCUT2D eigenvalue weighted by molar-refractivity contribution is 5.90.